The Morgan fingerprint density at radius 3 is 2.22 bits per heavy atom. The topological polar surface area (TPSA) is 86.3 Å². The molecule has 2 aromatic rings. The van der Waals surface area contributed by atoms with Crippen LogP contribution in [0.1, 0.15) is 11.1 Å². The zero-order valence-electron chi connectivity index (χ0n) is 18.6. The summed E-state index contributed by atoms with van der Waals surface area (Å²) in [5, 5.41) is 2.66. The van der Waals surface area contributed by atoms with Crippen LogP contribution in [0.25, 0.3) is 0 Å². The van der Waals surface area contributed by atoms with Gasteiger partial charge in [-0.2, -0.15) is 0 Å². The first-order valence-corrected chi connectivity index (χ1v) is 10.1. The van der Waals surface area contributed by atoms with Gasteiger partial charge in [-0.1, -0.05) is 0 Å². The van der Waals surface area contributed by atoms with E-state index in [1.165, 1.54) is 46.6 Å². The van der Waals surface area contributed by atoms with Gasteiger partial charge in [0.05, 0.1) is 40.9 Å². The Morgan fingerprint density at radius 2 is 1.56 bits per heavy atom. The lowest BCUT2D eigenvalue weighted by atomic mass is 9.97. The molecule has 172 valence electrons. The number of methoxy groups -OCH3 is 4. The molecule has 2 aromatic carbocycles. The molecule has 0 bridgehead atoms. The van der Waals surface area contributed by atoms with E-state index in [1.807, 2.05) is 0 Å². The average molecular weight is 446 g/mol. The van der Waals surface area contributed by atoms with Crippen LogP contribution in [-0.2, 0) is 22.6 Å². The largest absolute Gasteiger partial charge is 0.496 e. The minimum atomic E-state index is -0.580. The molecule has 0 aromatic heterocycles. The Kier molecular flexibility index (Phi) is 7.40. The predicted octanol–water partition coefficient (Wildman–Crippen LogP) is 2.18. The van der Waals surface area contributed by atoms with Crippen LogP contribution in [0.2, 0.25) is 0 Å². The number of carbonyl (C=O) groups excluding carboxylic acids is 2. The number of rotatable bonds is 8. The van der Waals surface area contributed by atoms with E-state index in [1.54, 1.807) is 17.0 Å². The summed E-state index contributed by atoms with van der Waals surface area (Å²) < 4.78 is 35.3. The molecule has 0 aliphatic carbocycles. The number of halogens is 1. The molecule has 1 atom stereocenters. The molecule has 0 saturated carbocycles. The number of hydrogen-bond donors (Lipinski definition) is 1. The summed E-state index contributed by atoms with van der Waals surface area (Å²) in [6.07, 6.45) is 0.222. The third-order valence-corrected chi connectivity index (χ3v) is 5.43. The fourth-order valence-electron chi connectivity index (χ4n) is 3.77. The number of hydrogen-bond acceptors (Lipinski definition) is 6. The smallest absolute Gasteiger partial charge is 0.242 e. The third-order valence-electron chi connectivity index (χ3n) is 5.43. The Hall–Kier alpha value is -3.49. The van der Waals surface area contributed by atoms with Crippen molar-refractivity contribution in [2.24, 2.45) is 5.92 Å². The van der Waals surface area contributed by atoms with Crippen LogP contribution >= 0.6 is 0 Å². The number of benzene rings is 2. The molecule has 1 N–H and O–H groups in total. The lowest BCUT2D eigenvalue weighted by molar-refractivity contribution is -0.130. The van der Waals surface area contributed by atoms with Gasteiger partial charge in [0.25, 0.3) is 0 Å². The SMILES string of the molecule is COc1ccc(F)cc1CC1CN(Cc2cc(OC)c(OC)cc2OC)C(=O)CNC1=O. The van der Waals surface area contributed by atoms with Crippen LogP contribution in [0.3, 0.4) is 0 Å². The Bertz CT molecular complexity index is 997. The van der Waals surface area contributed by atoms with Gasteiger partial charge in [0.1, 0.15) is 17.3 Å². The van der Waals surface area contributed by atoms with Crippen LogP contribution in [0, 0.1) is 11.7 Å². The molecule has 0 spiro atoms. The number of ether oxygens (including phenoxy) is 4. The predicted molar refractivity (Wildman–Crippen MR) is 115 cm³/mol. The van der Waals surface area contributed by atoms with Crippen molar-refractivity contribution in [2.45, 2.75) is 13.0 Å². The van der Waals surface area contributed by atoms with Gasteiger partial charge in [-0.25, -0.2) is 4.39 Å². The Labute approximate surface area is 186 Å². The van der Waals surface area contributed by atoms with Gasteiger partial charge in [0.2, 0.25) is 11.8 Å². The number of amides is 2. The lowest BCUT2D eigenvalue weighted by Crippen LogP contribution is -2.35. The van der Waals surface area contributed by atoms with Crippen molar-refractivity contribution in [1.82, 2.24) is 10.2 Å². The Morgan fingerprint density at radius 1 is 0.906 bits per heavy atom. The van der Waals surface area contributed by atoms with E-state index in [9.17, 15) is 14.0 Å². The average Bonchev–Trinajstić information content (AvgIpc) is 2.92. The molecule has 3 rings (SSSR count). The molecule has 1 unspecified atom stereocenters. The van der Waals surface area contributed by atoms with Gasteiger partial charge in [-0.05, 0) is 36.2 Å². The van der Waals surface area contributed by atoms with Gasteiger partial charge >= 0.3 is 0 Å². The number of nitrogens with one attached hydrogen (secondary N) is 1. The molecule has 1 fully saturated rings. The van der Waals surface area contributed by atoms with Crippen molar-refractivity contribution in [2.75, 3.05) is 41.5 Å². The first-order chi connectivity index (χ1) is 15.4. The molecule has 1 saturated heterocycles. The van der Waals surface area contributed by atoms with Crippen LogP contribution in [0.5, 0.6) is 23.0 Å². The molecule has 1 aliphatic heterocycles. The first-order valence-electron chi connectivity index (χ1n) is 10.1. The highest BCUT2D eigenvalue weighted by atomic mass is 19.1. The van der Waals surface area contributed by atoms with E-state index in [2.05, 4.69) is 5.32 Å². The van der Waals surface area contributed by atoms with Crippen LogP contribution in [-0.4, -0.2) is 58.2 Å². The van der Waals surface area contributed by atoms with Gasteiger partial charge in [-0.3, -0.25) is 9.59 Å². The second-order valence-electron chi connectivity index (χ2n) is 7.37. The minimum Gasteiger partial charge on any atom is -0.496 e. The second-order valence-corrected chi connectivity index (χ2v) is 7.37. The quantitative estimate of drug-likeness (QED) is 0.669. The maximum absolute atomic E-state index is 13.8. The molecule has 0 radical (unpaired) electrons. The highest BCUT2D eigenvalue weighted by Gasteiger charge is 2.30. The number of carbonyl (C=O) groups is 2. The number of nitrogens with zero attached hydrogens (tertiary/aromatic N) is 1. The summed E-state index contributed by atoms with van der Waals surface area (Å²) in [6.45, 7) is 0.237. The van der Waals surface area contributed by atoms with E-state index in [-0.39, 0.29) is 37.9 Å². The zero-order valence-corrected chi connectivity index (χ0v) is 18.6. The van der Waals surface area contributed by atoms with Crippen molar-refractivity contribution in [3.05, 3.63) is 47.3 Å². The summed E-state index contributed by atoms with van der Waals surface area (Å²) in [5.41, 5.74) is 1.26. The van der Waals surface area contributed by atoms with Crippen molar-refractivity contribution >= 4 is 11.8 Å². The highest BCUT2D eigenvalue weighted by Crippen LogP contribution is 2.35. The van der Waals surface area contributed by atoms with Crippen LogP contribution in [0.4, 0.5) is 4.39 Å². The third kappa shape index (κ3) is 5.04. The molecular formula is C23H27FN2O6. The maximum atomic E-state index is 13.8. The fourth-order valence-corrected chi connectivity index (χ4v) is 3.77. The van der Waals surface area contributed by atoms with Crippen molar-refractivity contribution in [3.63, 3.8) is 0 Å². The normalized spacial score (nSPS) is 16.3. The van der Waals surface area contributed by atoms with Crippen LogP contribution in [0.15, 0.2) is 30.3 Å². The molecule has 8 nitrogen and oxygen atoms in total. The van der Waals surface area contributed by atoms with Crippen LogP contribution < -0.4 is 24.3 Å². The first kappa shape index (κ1) is 23.2. The van der Waals surface area contributed by atoms with Gasteiger partial charge in [0, 0.05) is 24.7 Å². The van der Waals surface area contributed by atoms with Crippen molar-refractivity contribution in [3.8, 4) is 23.0 Å². The summed E-state index contributed by atoms with van der Waals surface area (Å²) >= 11 is 0. The summed E-state index contributed by atoms with van der Waals surface area (Å²) in [5.74, 6) is 0.519. The van der Waals surface area contributed by atoms with Crippen molar-refractivity contribution < 1.29 is 32.9 Å². The van der Waals surface area contributed by atoms with E-state index >= 15 is 0 Å². The molecule has 1 aliphatic rings. The van der Waals surface area contributed by atoms with Gasteiger partial charge < -0.3 is 29.2 Å². The monoisotopic (exact) mass is 446 g/mol. The van der Waals surface area contributed by atoms with E-state index in [0.29, 0.717) is 34.1 Å². The molecule has 2 amide bonds. The molecular weight excluding hydrogens is 419 g/mol. The van der Waals surface area contributed by atoms with Gasteiger partial charge in [-0.15, -0.1) is 0 Å². The van der Waals surface area contributed by atoms with E-state index in [0.717, 1.165) is 0 Å². The maximum Gasteiger partial charge on any atom is 0.242 e. The van der Waals surface area contributed by atoms with E-state index in [4.69, 9.17) is 18.9 Å². The zero-order chi connectivity index (χ0) is 23.3. The fraction of sp³-hybridized carbons (Fsp3) is 0.391. The lowest BCUT2D eigenvalue weighted by Gasteiger charge is -2.25. The molecule has 9 heteroatoms. The Balaban J connectivity index is 1.88. The minimum absolute atomic E-state index is 0.120. The molecule has 1 heterocycles. The standard InChI is InChI=1S/C23H27FN2O6/c1-29-18-6-5-17(24)8-14(18)7-16-13-26(22(27)11-25-23(16)28)12-15-9-20(31-3)21(32-4)10-19(15)30-2/h5-6,8-10,16H,7,11-13H2,1-4H3,(H,25,28). The highest BCUT2D eigenvalue weighted by molar-refractivity contribution is 5.88. The van der Waals surface area contributed by atoms with E-state index < -0.39 is 11.7 Å². The van der Waals surface area contributed by atoms with Gasteiger partial charge in [0.15, 0.2) is 11.5 Å². The summed E-state index contributed by atoms with van der Waals surface area (Å²) in [7, 11) is 6.07. The van der Waals surface area contributed by atoms with Crippen molar-refractivity contribution in [1.29, 1.82) is 0 Å². The summed E-state index contributed by atoms with van der Waals surface area (Å²) in [4.78, 5) is 27.0. The summed E-state index contributed by atoms with van der Waals surface area (Å²) in [6, 6.07) is 7.61. The molecule has 32 heavy (non-hydrogen) atoms. The second kappa shape index (κ2) is 10.2.